The Kier molecular flexibility index (Phi) is 7.75. The van der Waals surface area contributed by atoms with E-state index in [1.54, 1.807) is 6.20 Å². The molecule has 0 radical (unpaired) electrons. The Bertz CT molecular complexity index is 1260. The summed E-state index contributed by atoms with van der Waals surface area (Å²) >= 11 is 11.5. The number of aryl methyl sites for hydroxylation is 1. The van der Waals surface area contributed by atoms with Crippen molar-refractivity contribution < 1.29 is 9.59 Å². The minimum Gasteiger partial charge on any atom is -0.302 e. The Morgan fingerprint density at radius 1 is 1.24 bits per heavy atom. The van der Waals surface area contributed by atoms with E-state index in [-0.39, 0.29) is 24.8 Å². The van der Waals surface area contributed by atoms with Crippen LogP contribution < -0.4 is 5.32 Å². The van der Waals surface area contributed by atoms with Crippen molar-refractivity contribution in [2.75, 3.05) is 11.9 Å². The van der Waals surface area contributed by atoms with Crippen molar-refractivity contribution in [3.05, 3.63) is 85.7 Å². The Morgan fingerprint density at radius 2 is 2.06 bits per heavy atom. The van der Waals surface area contributed by atoms with E-state index in [0.717, 1.165) is 21.3 Å². The first-order chi connectivity index (χ1) is 15.9. The van der Waals surface area contributed by atoms with E-state index < -0.39 is 0 Å². The highest BCUT2D eigenvalue weighted by Crippen LogP contribution is 2.33. The molecule has 2 aromatic carbocycles. The highest BCUT2D eigenvalue weighted by atomic mass is 79.9. The topological polar surface area (TPSA) is 62.3 Å². The second-order valence-electron chi connectivity index (χ2n) is 7.48. The van der Waals surface area contributed by atoms with Crippen molar-refractivity contribution in [2.45, 2.75) is 19.8 Å². The fraction of sp³-hybridized carbons (Fsp3) is 0.167. The van der Waals surface area contributed by atoms with Crippen molar-refractivity contribution in [3.8, 4) is 0 Å². The molecule has 0 bridgehead atoms. The first-order valence-corrected chi connectivity index (χ1v) is 13.0. The molecule has 0 saturated carbocycles. The van der Waals surface area contributed by atoms with Gasteiger partial charge in [0.25, 0.3) is 5.91 Å². The molecule has 0 spiro atoms. The summed E-state index contributed by atoms with van der Waals surface area (Å²) in [6, 6.07) is 16.0. The van der Waals surface area contributed by atoms with Gasteiger partial charge in [-0.05, 0) is 36.3 Å². The third kappa shape index (κ3) is 6.38. The summed E-state index contributed by atoms with van der Waals surface area (Å²) < 4.78 is 1.40. The van der Waals surface area contributed by atoms with Crippen LogP contribution in [0, 0.1) is 6.92 Å². The first kappa shape index (κ1) is 23.8. The number of amides is 2. The molecule has 1 aliphatic rings. The number of carbonyl (C=O) groups excluding carboxylic acids is 2. The highest BCUT2D eigenvalue weighted by molar-refractivity contribution is 9.10. The van der Waals surface area contributed by atoms with Gasteiger partial charge in [-0.2, -0.15) is 0 Å². The van der Waals surface area contributed by atoms with Gasteiger partial charge in [-0.15, -0.1) is 11.3 Å². The van der Waals surface area contributed by atoms with Gasteiger partial charge < -0.3 is 5.32 Å². The predicted octanol–water partition coefficient (Wildman–Crippen LogP) is 6.03. The molecule has 3 aromatic rings. The van der Waals surface area contributed by atoms with Gasteiger partial charge in [-0.25, -0.2) is 4.98 Å². The van der Waals surface area contributed by atoms with Crippen molar-refractivity contribution in [1.82, 2.24) is 9.88 Å². The average Bonchev–Trinajstić information content (AvgIpc) is 3.30. The zero-order chi connectivity index (χ0) is 23.4. The second-order valence-corrected chi connectivity index (χ2v) is 11.2. The normalized spacial score (nSPS) is 14.8. The molecule has 4 rings (SSSR count). The molecule has 1 aliphatic heterocycles. The van der Waals surface area contributed by atoms with Gasteiger partial charge in [-0.3, -0.25) is 14.5 Å². The van der Waals surface area contributed by atoms with Crippen molar-refractivity contribution in [3.63, 3.8) is 0 Å². The molecular weight excluding hydrogens is 538 g/mol. The number of thiocarbonyl (C=S) groups is 1. The van der Waals surface area contributed by atoms with Crippen LogP contribution in [0.1, 0.15) is 28.0 Å². The Hall–Kier alpha value is -2.33. The van der Waals surface area contributed by atoms with E-state index in [9.17, 15) is 9.59 Å². The third-order valence-corrected chi connectivity index (χ3v) is 7.63. The summed E-state index contributed by atoms with van der Waals surface area (Å²) in [4.78, 5) is 32.6. The fourth-order valence-electron chi connectivity index (χ4n) is 3.31. The number of thioether (sulfide) groups is 1. The number of nitrogens with zero attached hydrogens (tertiary/aromatic N) is 2. The molecule has 33 heavy (non-hydrogen) atoms. The van der Waals surface area contributed by atoms with Crippen molar-refractivity contribution >= 4 is 78.6 Å². The van der Waals surface area contributed by atoms with Gasteiger partial charge in [0.15, 0.2) is 5.13 Å². The number of anilines is 1. The standard InChI is InChI=1S/C24H20BrN3O2S3/c1-15-4-2-5-16(10-15)12-19-14-26-23(32-19)27-21(29)8-9-28-22(30)20(33-24(28)31)13-17-6-3-7-18(25)11-17/h2-7,10-11,13-14H,8-9,12H2,1H3,(H,26,27,29). The number of halogens is 1. The molecule has 168 valence electrons. The second kappa shape index (κ2) is 10.7. The first-order valence-electron chi connectivity index (χ1n) is 10.2. The molecule has 2 heterocycles. The van der Waals surface area contributed by atoms with Crippen LogP contribution in [-0.2, 0) is 16.0 Å². The Morgan fingerprint density at radius 3 is 2.85 bits per heavy atom. The average molecular weight is 559 g/mol. The molecule has 0 unspecified atom stereocenters. The molecule has 0 atom stereocenters. The number of carbonyl (C=O) groups is 2. The van der Waals surface area contributed by atoms with Gasteiger partial charge in [0, 0.05) is 34.9 Å². The zero-order valence-electron chi connectivity index (χ0n) is 17.7. The molecular formula is C24H20BrN3O2S3. The number of thiazole rings is 1. The highest BCUT2D eigenvalue weighted by Gasteiger charge is 2.32. The zero-order valence-corrected chi connectivity index (χ0v) is 21.7. The van der Waals surface area contributed by atoms with Crippen molar-refractivity contribution in [2.24, 2.45) is 0 Å². The van der Waals surface area contributed by atoms with E-state index in [2.05, 4.69) is 51.4 Å². The van der Waals surface area contributed by atoms with Gasteiger partial charge >= 0.3 is 0 Å². The fourth-order valence-corrected chi connectivity index (χ4v) is 5.89. The third-order valence-electron chi connectivity index (χ3n) is 4.84. The quantitative estimate of drug-likeness (QED) is 0.283. The van der Waals surface area contributed by atoms with Gasteiger partial charge in [-0.1, -0.05) is 81.9 Å². The number of hydrogen-bond donors (Lipinski definition) is 1. The smallest absolute Gasteiger partial charge is 0.266 e. The molecule has 1 N–H and O–H groups in total. The summed E-state index contributed by atoms with van der Waals surface area (Å²) in [5.74, 6) is -0.371. The number of hydrogen-bond acceptors (Lipinski definition) is 6. The van der Waals surface area contributed by atoms with Gasteiger partial charge in [0.05, 0.1) is 4.91 Å². The van der Waals surface area contributed by atoms with Crippen LogP contribution in [0.3, 0.4) is 0 Å². The van der Waals surface area contributed by atoms with Crippen LogP contribution in [0.2, 0.25) is 0 Å². The van der Waals surface area contributed by atoms with E-state index in [4.69, 9.17) is 12.2 Å². The molecule has 1 saturated heterocycles. The predicted molar refractivity (Wildman–Crippen MR) is 143 cm³/mol. The van der Waals surface area contributed by atoms with E-state index in [0.29, 0.717) is 14.4 Å². The number of rotatable bonds is 7. The molecule has 0 aliphatic carbocycles. The summed E-state index contributed by atoms with van der Waals surface area (Å²) in [7, 11) is 0. The van der Waals surface area contributed by atoms with Crippen LogP contribution in [-0.4, -0.2) is 32.6 Å². The van der Waals surface area contributed by atoms with E-state index >= 15 is 0 Å². The van der Waals surface area contributed by atoms with Gasteiger partial charge in [0.1, 0.15) is 4.32 Å². The van der Waals surface area contributed by atoms with Crippen LogP contribution in [0.15, 0.2) is 64.1 Å². The lowest BCUT2D eigenvalue weighted by molar-refractivity contribution is -0.122. The minimum absolute atomic E-state index is 0.142. The molecule has 1 aromatic heterocycles. The Labute approximate surface area is 214 Å². The summed E-state index contributed by atoms with van der Waals surface area (Å²) in [6.07, 6.45) is 4.52. The maximum atomic E-state index is 12.8. The molecule has 2 amide bonds. The minimum atomic E-state index is -0.198. The number of aromatic nitrogens is 1. The maximum absolute atomic E-state index is 12.8. The van der Waals surface area contributed by atoms with Gasteiger partial charge in [0.2, 0.25) is 5.91 Å². The lowest BCUT2D eigenvalue weighted by Crippen LogP contribution is -2.31. The van der Waals surface area contributed by atoms with Crippen LogP contribution in [0.5, 0.6) is 0 Å². The molecule has 1 fully saturated rings. The summed E-state index contributed by atoms with van der Waals surface area (Å²) in [5, 5.41) is 3.39. The van der Waals surface area contributed by atoms with Crippen LogP contribution >= 0.6 is 51.2 Å². The lowest BCUT2D eigenvalue weighted by atomic mass is 10.1. The largest absolute Gasteiger partial charge is 0.302 e. The molecule has 9 heteroatoms. The van der Waals surface area contributed by atoms with Crippen LogP contribution in [0.4, 0.5) is 5.13 Å². The van der Waals surface area contributed by atoms with Crippen molar-refractivity contribution in [1.29, 1.82) is 0 Å². The lowest BCUT2D eigenvalue weighted by Gasteiger charge is -2.13. The van der Waals surface area contributed by atoms with Crippen LogP contribution in [0.25, 0.3) is 6.08 Å². The number of benzene rings is 2. The monoisotopic (exact) mass is 557 g/mol. The molecule has 5 nitrogen and oxygen atoms in total. The SMILES string of the molecule is Cc1cccc(Cc2cnc(NC(=O)CCN3C(=O)C(=Cc4cccc(Br)c4)SC3=S)s2)c1. The van der Waals surface area contributed by atoms with E-state index in [1.165, 1.54) is 39.1 Å². The maximum Gasteiger partial charge on any atom is 0.266 e. The summed E-state index contributed by atoms with van der Waals surface area (Å²) in [6.45, 7) is 2.30. The number of nitrogens with one attached hydrogen (secondary N) is 1. The van der Waals surface area contributed by atoms with E-state index in [1.807, 2.05) is 36.4 Å². The summed E-state index contributed by atoms with van der Waals surface area (Å²) in [5.41, 5.74) is 3.34. The Balaban J connectivity index is 1.31.